The van der Waals surface area contributed by atoms with Gasteiger partial charge in [-0.05, 0) is 43.4 Å². The van der Waals surface area contributed by atoms with E-state index >= 15 is 0 Å². The van der Waals surface area contributed by atoms with E-state index in [1.54, 1.807) is 21.3 Å². The summed E-state index contributed by atoms with van der Waals surface area (Å²) in [5.74, 6) is 2.13. The van der Waals surface area contributed by atoms with Gasteiger partial charge in [0.1, 0.15) is 6.61 Å². The third-order valence-electron chi connectivity index (χ3n) is 6.40. The molecule has 2 aromatic rings. The second kappa shape index (κ2) is 8.64. The standard InChI is InChI=1S/C25H28N2O7/c1-26(2)6-7-27-16-11-19-18(33-13-34-19)10-15(16)22(23-17(27)12-32-25(23)28)14-8-20(29-3)24(31-5)21(9-14)30-4/h8-11,22H,6-7,12-13H2,1-5H3. The smallest absolute Gasteiger partial charge is 0.337 e. The first-order valence-corrected chi connectivity index (χ1v) is 11.0. The van der Waals surface area contributed by atoms with Gasteiger partial charge in [0.15, 0.2) is 23.0 Å². The monoisotopic (exact) mass is 468 g/mol. The summed E-state index contributed by atoms with van der Waals surface area (Å²) in [5, 5.41) is 0. The lowest BCUT2D eigenvalue weighted by Crippen LogP contribution is -2.36. The zero-order chi connectivity index (χ0) is 24.0. The van der Waals surface area contributed by atoms with Crippen LogP contribution in [0.3, 0.4) is 0 Å². The molecule has 0 bridgehead atoms. The number of methoxy groups -OCH3 is 3. The van der Waals surface area contributed by atoms with E-state index in [4.69, 9.17) is 28.4 Å². The van der Waals surface area contributed by atoms with Crippen LogP contribution in [0.1, 0.15) is 17.0 Å². The minimum atomic E-state index is -0.404. The molecular formula is C25H28N2O7. The summed E-state index contributed by atoms with van der Waals surface area (Å²) in [6.45, 7) is 1.88. The molecule has 2 aromatic carbocycles. The van der Waals surface area contributed by atoms with Crippen LogP contribution in [0, 0.1) is 0 Å². The summed E-state index contributed by atoms with van der Waals surface area (Å²) in [6.07, 6.45) is 0. The van der Waals surface area contributed by atoms with Gasteiger partial charge < -0.3 is 38.2 Å². The van der Waals surface area contributed by atoms with E-state index in [-0.39, 0.29) is 19.4 Å². The Hall–Kier alpha value is -3.59. The highest BCUT2D eigenvalue weighted by molar-refractivity contribution is 5.98. The van der Waals surface area contributed by atoms with Crippen molar-refractivity contribution in [3.63, 3.8) is 0 Å². The molecule has 0 aromatic heterocycles. The fourth-order valence-corrected chi connectivity index (χ4v) is 4.80. The van der Waals surface area contributed by atoms with Crippen molar-refractivity contribution in [2.24, 2.45) is 0 Å². The minimum absolute atomic E-state index is 0.167. The molecule has 0 amide bonds. The highest BCUT2D eigenvalue weighted by atomic mass is 16.7. The van der Waals surface area contributed by atoms with Crippen molar-refractivity contribution >= 4 is 11.7 Å². The first-order chi connectivity index (χ1) is 16.5. The molecule has 3 aliphatic rings. The number of fused-ring (bicyclic) bond motifs is 2. The molecule has 0 spiro atoms. The zero-order valence-corrected chi connectivity index (χ0v) is 20.0. The number of hydrogen-bond acceptors (Lipinski definition) is 9. The summed E-state index contributed by atoms with van der Waals surface area (Å²) in [6, 6.07) is 7.71. The van der Waals surface area contributed by atoms with Crippen LogP contribution in [0.4, 0.5) is 5.69 Å². The molecule has 1 atom stereocenters. The number of carbonyl (C=O) groups excluding carboxylic acids is 1. The Morgan fingerprint density at radius 1 is 0.971 bits per heavy atom. The van der Waals surface area contributed by atoms with Gasteiger partial charge in [-0.3, -0.25) is 0 Å². The van der Waals surface area contributed by atoms with E-state index < -0.39 is 5.92 Å². The molecule has 9 nitrogen and oxygen atoms in total. The van der Waals surface area contributed by atoms with Crippen LogP contribution in [0.15, 0.2) is 35.5 Å². The number of likely N-dealkylation sites (N-methyl/N-ethyl adjacent to an activating group) is 1. The minimum Gasteiger partial charge on any atom is -0.493 e. The highest BCUT2D eigenvalue weighted by Crippen LogP contribution is 2.53. The molecule has 0 radical (unpaired) electrons. The van der Waals surface area contributed by atoms with Gasteiger partial charge in [0, 0.05) is 30.8 Å². The summed E-state index contributed by atoms with van der Waals surface area (Å²) in [4.78, 5) is 17.4. The second-order valence-corrected chi connectivity index (χ2v) is 8.55. The molecule has 1 unspecified atom stereocenters. The van der Waals surface area contributed by atoms with Crippen molar-refractivity contribution in [3.05, 3.63) is 46.7 Å². The lowest BCUT2D eigenvalue weighted by atomic mass is 9.80. The van der Waals surface area contributed by atoms with E-state index in [1.807, 2.05) is 38.4 Å². The van der Waals surface area contributed by atoms with E-state index in [9.17, 15) is 4.79 Å². The van der Waals surface area contributed by atoms with Crippen LogP contribution in [0.2, 0.25) is 0 Å². The SMILES string of the molecule is COc1cc(C2C3=C(COC3=O)N(CCN(C)C)c3cc4c(cc32)OCO4)cc(OC)c1OC. The van der Waals surface area contributed by atoms with Crippen LogP contribution < -0.4 is 28.6 Å². The number of rotatable bonds is 7. The first kappa shape index (κ1) is 22.2. The Kier molecular flexibility index (Phi) is 5.65. The topological polar surface area (TPSA) is 78.9 Å². The van der Waals surface area contributed by atoms with Crippen molar-refractivity contribution in [3.8, 4) is 28.7 Å². The maximum absolute atomic E-state index is 13.1. The molecule has 0 saturated carbocycles. The summed E-state index contributed by atoms with van der Waals surface area (Å²) in [7, 11) is 8.76. The number of esters is 1. The van der Waals surface area contributed by atoms with Crippen molar-refractivity contribution in [1.82, 2.24) is 4.90 Å². The van der Waals surface area contributed by atoms with E-state index in [0.29, 0.717) is 40.9 Å². The number of nitrogens with zero attached hydrogens (tertiary/aromatic N) is 2. The average Bonchev–Trinajstić information content (AvgIpc) is 3.45. The number of anilines is 1. The van der Waals surface area contributed by atoms with Gasteiger partial charge in [-0.1, -0.05) is 0 Å². The van der Waals surface area contributed by atoms with Gasteiger partial charge in [0.25, 0.3) is 0 Å². The lowest BCUT2D eigenvalue weighted by Gasteiger charge is -2.36. The van der Waals surface area contributed by atoms with Crippen molar-refractivity contribution in [1.29, 1.82) is 0 Å². The van der Waals surface area contributed by atoms with Gasteiger partial charge >= 0.3 is 5.97 Å². The van der Waals surface area contributed by atoms with E-state index in [2.05, 4.69) is 9.80 Å². The summed E-state index contributed by atoms with van der Waals surface area (Å²) >= 11 is 0. The quantitative estimate of drug-likeness (QED) is 0.570. The Labute approximate surface area is 198 Å². The predicted octanol–water partition coefficient (Wildman–Crippen LogP) is 2.77. The predicted molar refractivity (Wildman–Crippen MR) is 124 cm³/mol. The molecule has 0 N–H and O–H groups in total. The van der Waals surface area contributed by atoms with E-state index in [1.165, 1.54) is 0 Å². The molecule has 5 rings (SSSR count). The van der Waals surface area contributed by atoms with Crippen LogP contribution in [-0.4, -0.2) is 72.8 Å². The van der Waals surface area contributed by atoms with Crippen molar-refractivity contribution in [2.45, 2.75) is 5.92 Å². The number of carbonyl (C=O) groups is 1. The van der Waals surface area contributed by atoms with Crippen LogP contribution in [0.5, 0.6) is 28.7 Å². The first-order valence-electron chi connectivity index (χ1n) is 11.0. The Bertz CT molecular complexity index is 1150. The molecule has 34 heavy (non-hydrogen) atoms. The maximum Gasteiger partial charge on any atom is 0.337 e. The molecule has 0 saturated heterocycles. The molecule has 3 heterocycles. The van der Waals surface area contributed by atoms with Crippen LogP contribution in [-0.2, 0) is 9.53 Å². The molecule has 0 aliphatic carbocycles. The van der Waals surface area contributed by atoms with Gasteiger partial charge in [-0.15, -0.1) is 0 Å². The lowest BCUT2D eigenvalue weighted by molar-refractivity contribution is -0.136. The third kappa shape index (κ3) is 3.47. The maximum atomic E-state index is 13.1. The second-order valence-electron chi connectivity index (χ2n) is 8.55. The van der Waals surface area contributed by atoms with Crippen molar-refractivity contribution in [2.75, 3.05) is 66.8 Å². The fourth-order valence-electron chi connectivity index (χ4n) is 4.80. The van der Waals surface area contributed by atoms with Gasteiger partial charge in [0.05, 0.1) is 32.6 Å². The number of hydrogen-bond donors (Lipinski definition) is 0. The largest absolute Gasteiger partial charge is 0.493 e. The fraction of sp³-hybridized carbons (Fsp3) is 0.400. The Morgan fingerprint density at radius 2 is 1.65 bits per heavy atom. The molecule has 9 heteroatoms. The van der Waals surface area contributed by atoms with Gasteiger partial charge in [0.2, 0.25) is 12.5 Å². The van der Waals surface area contributed by atoms with Crippen molar-refractivity contribution < 1.29 is 33.2 Å². The highest BCUT2D eigenvalue weighted by Gasteiger charge is 2.43. The summed E-state index contributed by atoms with van der Waals surface area (Å²) in [5.41, 5.74) is 4.18. The molecule has 0 fully saturated rings. The molecule has 3 aliphatic heterocycles. The van der Waals surface area contributed by atoms with Gasteiger partial charge in [-0.25, -0.2) is 4.79 Å². The average molecular weight is 469 g/mol. The normalized spacial score (nSPS) is 18.1. The van der Waals surface area contributed by atoms with Crippen LogP contribution >= 0.6 is 0 Å². The third-order valence-corrected chi connectivity index (χ3v) is 6.40. The van der Waals surface area contributed by atoms with Crippen LogP contribution in [0.25, 0.3) is 0 Å². The number of benzene rings is 2. The van der Waals surface area contributed by atoms with Gasteiger partial charge in [-0.2, -0.15) is 0 Å². The zero-order valence-electron chi connectivity index (χ0n) is 20.0. The Balaban J connectivity index is 1.74. The summed E-state index contributed by atoms with van der Waals surface area (Å²) < 4.78 is 33.6. The van der Waals surface area contributed by atoms with E-state index in [0.717, 1.165) is 29.1 Å². The number of cyclic esters (lactones) is 1. The number of ether oxygens (including phenoxy) is 6. The Morgan fingerprint density at radius 3 is 2.26 bits per heavy atom. The molecular weight excluding hydrogens is 440 g/mol. The molecule has 180 valence electrons.